The van der Waals surface area contributed by atoms with Crippen LogP contribution < -0.4 is 5.32 Å². The summed E-state index contributed by atoms with van der Waals surface area (Å²) >= 11 is 0. The van der Waals surface area contributed by atoms with Gasteiger partial charge in [-0.1, -0.05) is 30.3 Å². The summed E-state index contributed by atoms with van der Waals surface area (Å²) in [4.78, 5) is 11.8. The lowest BCUT2D eigenvalue weighted by Crippen LogP contribution is -2.12. The first-order chi connectivity index (χ1) is 9.65. The van der Waals surface area contributed by atoms with Gasteiger partial charge < -0.3 is 5.32 Å². The molecule has 0 atom stereocenters. The first-order valence-electron chi connectivity index (χ1n) is 6.75. The van der Waals surface area contributed by atoms with Gasteiger partial charge in [0.15, 0.2) is 0 Å². The van der Waals surface area contributed by atoms with E-state index in [2.05, 4.69) is 17.4 Å². The van der Waals surface area contributed by atoms with Crippen LogP contribution in [0.1, 0.15) is 24.0 Å². The summed E-state index contributed by atoms with van der Waals surface area (Å²) in [6, 6.07) is 14.5. The number of benzene rings is 2. The number of anilines is 1. The van der Waals surface area contributed by atoms with E-state index in [1.54, 1.807) is 13.0 Å². The van der Waals surface area contributed by atoms with Crippen LogP contribution in [-0.4, -0.2) is 5.91 Å². The molecule has 2 aromatic carbocycles. The Balaban J connectivity index is 1.81. The maximum absolute atomic E-state index is 13.0. The predicted molar refractivity (Wildman–Crippen MR) is 79.1 cm³/mol. The van der Waals surface area contributed by atoms with E-state index < -0.39 is 0 Å². The highest BCUT2D eigenvalue weighted by Crippen LogP contribution is 2.16. The summed E-state index contributed by atoms with van der Waals surface area (Å²) in [5.74, 6) is -0.319. The number of aryl methyl sites for hydroxylation is 2. The number of rotatable bonds is 5. The minimum absolute atomic E-state index is 0.0318. The molecule has 1 amide bonds. The monoisotopic (exact) mass is 271 g/mol. The zero-order valence-corrected chi connectivity index (χ0v) is 11.5. The van der Waals surface area contributed by atoms with E-state index in [-0.39, 0.29) is 11.7 Å². The molecule has 2 aromatic rings. The van der Waals surface area contributed by atoms with E-state index in [0.717, 1.165) is 18.4 Å². The largest absolute Gasteiger partial charge is 0.326 e. The number of carbonyl (C=O) groups excluding carboxylic acids is 1. The van der Waals surface area contributed by atoms with Gasteiger partial charge in [-0.05, 0) is 49.1 Å². The van der Waals surface area contributed by atoms with Crippen LogP contribution in [0.4, 0.5) is 10.1 Å². The van der Waals surface area contributed by atoms with Crippen molar-refractivity contribution in [3.05, 3.63) is 65.5 Å². The summed E-state index contributed by atoms with van der Waals surface area (Å²) in [6.07, 6.45) is 2.15. The third kappa shape index (κ3) is 4.19. The van der Waals surface area contributed by atoms with Crippen molar-refractivity contribution in [2.24, 2.45) is 0 Å². The molecule has 0 spiro atoms. The van der Waals surface area contributed by atoms with Crippen molar-refractivity contribution in [2.45, 2.75) is 26.2 Å². The lowest BCUT2D eigenvalue weighted by atomic mass is 10.1. The second-order valence-electron chi connectivity index (χ2n) is 4.85. The Morgan fingerprint density at radius 1 is 1.15 bits per heavy atom. The lowest BCUT2D eigenvalue weighted by Gasteiger charge is -2.08. The lowest BCUT2D eigenvalue weighted by molar-refractivity contribution is -0.116. The fraction of sp³-hybridized carbons (Fsp3) is 0.235. The maximum atomic E-state index is 13.0. The van der Waals surface area contributed by atoms with Crippen LogP contribution in [-0.2, 0) is 11.2 Å². The summed E-state index contributed by atoms with van der Waals surface area (Å²) in [7, 11) is 0. The van der Waals surface area contributed by atoms with Crippen LogP contribution >= 0.6 is 0 Å². The molecule has 0 radical (unpaired) electrons. The van der Waals surface area contributed by atoms with Crippen molar-refractivity contribution in [1.29, 1.82) is 0 Å². The highest BCUT2D eigenvalue weighted by atomic mass is 19.1. The minimum Gasteiger partial charge on any atom is -0.326 e. The van der Waals surface area contributed by atoms with E-state index in [0.29, 0.717) is 12.1 Å². The molecule has 1 N–H and O–H groups in total. The molecule has 0 unspecified atom stereocenters. The van der Waals surface area contributed by atoms with E-state index in [4.69, 9.17) is 0 Å². The molecular formula is C17H18FNO. The number of hydrogen-bond donors (Lipinski definition) is 1. The van der Waals surface area contributed by atoms with Crippen molar-refractivity contribution in [3.63, 3.8) is 0 Å². The molecule has 20 heavy (non-hydrogen) atoms. The zero-order valence-electron chi connectivity index (χ0n) is 11.5. The fourth-order valence-electron chi connectivity index (χ4n) is 2.08. The summed E-state index contributed by atoms with van der Waals surface area (Å²) in [5.41, 5.74) is 2.65. The second-order valence-corrected chi connectivity index (χ2v) is 4.85. The van der Waals surface area contributed by atoms with Crippen molar-refractivity contribution in [2.75, 3.05) is 5.32 Å². The Hall–Kier alpha value is -2.16. The van der Waals surface area contributed by atoms with E-state index in [1.165, 1.54) is 17.7 Å². The molecule has 0 aliphatic rings. The number of nitrogens with one attached hydrogen (secondary N) is 1. The average molecular weight is 271 g/mol. The predicted octanol–water partition coefficient (Wildman–Crippen LogP) is 4.10. The highest BCUT2D eigenvalue weighted by Gasteiger charge is 2.05. The van der Waals surface area contributed by atoms with Crippen LogP contribution in [0.3, 0.4) is 0 Å². The third-order valence-corrected chi connectivity index (χ3v) is 3.17. The fourth-order valence-corrected chi connectivity index (χ4v) is 2.08. The van der Waals surface area contributed by atoms with E-state index in [9.17, 15) is 9.18 Å². The first kappa shape index (κ1) is 14.3. The maximum Gasteiger partial charge on any atom is 0.224 e. The Morgan fingerprint density at radius 3 is 2.60 bits per heavy atom. The van der Waals surface area contributed by atoms with Gasteiger partial charge in [0, 0.05) is 12.1 Å². The molecule has 0 heterocycles. The van der Waals surface area contributed by atoms with Crippen LogP contribution in [0.2, 0.25) is 0 Å². The molecule has 0 fully saturated rings. The molecule has 2 nitrogen and oxygen atoms in total. The third-order valence-electron chi connectivity index (χ3n) is 3.17. The van der Waals surface area contributed by atoms with Crippen molar-refractivity contribution in [3.8, 4) is 0 Å². The molecule has 104 valence electrons. The second kappa shape index (κ2) is 6.85. The highest BCUT2D eigenvalue weighted by molar-refractivity contribution is 5.91. The van der Waals surface area contributed by atoms with Gasteiger partial charge in [-0.15, -0.1) is 0 Å². The van der Waals surface area contributed by atoms with Crippen LogP contribution in [0, 0.1) is 12.7 Å². The smallest absolute Gasteiger partial charge is 0.224 e. The molecule has 0 bridgehead atoms. The first-order valence-corrected chi connectivity index (χ1v) is 6.75. The molecule has 0 aliphatic heterocycles. The quantitative estimate of drug-likeness (QED) is 0.871. The summed E-state index contributed by atoms with van der Waals surface area (Å²) < 4.78 is 13.0. The Labute approximate surface area is 118 Å². The van der Waals surface area contributed by atoms with Crippen molar-refractivity contribution < 1.29 is 9.18 Å². The Bertz CT molecular complexity index is 581. The molecule has 2 rings (SSSR count). The van der Waals surface area contributed by atoms with Crippen molar-refractivity contribution in [1.82, 2.24) is 0 Å². The van der Waals surface area contributed by atoms with E-state index in [1.807, 2.05) is 18.2 Å². The van der Waals surface area contributed by atoms with Gasteiger partial charge in [0.05, 0.1) is 0 Å². The molecule has 0 aliphatic carbocycles. The number of halogens is 1. The van der Waals surface area contributed by atoms with Gasteiger partial charge in [0.25, 0.3) is 0 Å². The summed E-state index contributed by atoms with van der Waals surface area (Å²) in [6.45, 7) is 1.78. The van der Waals surface area contributed by atoms with Gasteiger partial charge in [-0.2, -0.15) is 0 Å². The number of amides is 1. The van der Waals surface area contributed by atoms with Crippen LogP contribution in [0.15, 0.2) is 48.5 Å². The molecule has 0 aromatic heterocycles. The molecular weight excluding hydrogens is 253 g/mol. The standard InChI is InChI=1S/C17H18FNO/c1-13-12-15(18)10-11-16(13)19-17(20)9-5-8-14-6-3-2-4-7-14/h2-4,6-7,10-12H,5,8-9H2,1H3,(H,19,20). The van der Waals surface area contributed by atoms with Gasteiger partial charge in [-0.25, -0.2) is 4.39 Å². The normalized spacial score (nSPS) is 10.3. The Kier molecular flexibility index (Phi) is 4.88. The van der Waals surface area contributed by atoms with E-state index >= 15 is 0 Å². The number of carbonyl (C=O) groups is 1. The SMILES string of the molecule is Cc1cc(F)ccc1NC(=O)CCCc1ccccc1. The average Bonchev–Trinajstić information content (AvgIpc) is 2.43. The summed E-state index contributed by atoms with van der Waals surface area (Å²) in [5, 5.41) is 2.82. The topological polar surface area (TPSA) is 29.1 Å². The van der Waals surface area contributed by atoms with Gasteiger partial charge in [-0.3, -0.25) is 4.79 Å². The van der Waals surface area contributed by atoms with Gasteiger partial charge >= 0.3 is 0 Å². The van der Waals surface area contributed by atoms with Crippen LogP contribution in [0.25, 0.3) is 0 Å². The zero-order chi connectivity index (χ0) is 14.4. The molecule has 0 saturated carbocycles. The van der Waals surface area contributed by atoms with Gasteiger partial charge in [0.2, 0.25) is 5.91 Å². The van der Waals surface area contributed by atoms with Crippen molar-refractivity contribution >= 4 is 11.6 Å². The molecule has 3 heteroatoms. The minimum atomic E-state index is -0.287. The Morgan fingerprint density at radius 2 is 1.90 bits per heavy atom. The number of hydrogen-bond acceptors (Lipinski definition) is 1. The van der Waals surface area contributed by atoms with Crippen LogP contribution in [0.5, 0.6) is 0 Å². The van der Waals surface area contributed by atoms with Gasteiger partial charge in [0.1, 0.15) is 5.82 Å². The molecule has 0 saturated heterocycles.